The maximum Gasteiger partial charge on any atom is 0.145 e. The summed E-state index contributed by atoms with van der Waals surface area (Å²) < 4.78 is 13.8. The van der Waals surface area contributed by atoms with Gasteiger partial charge in [0.2, 0.25) is 0 Å². The molecule has 1 saturated heterocycles. The molecule has 2 unspecified atom stereocenters. The van der Waals surface area contributed by atoms with E-state index in [1.807, 2.05) is 6.20 Å². The average Bonchev–Trinajstić information content (AvgIpc) is 3.10. The fourth-order valence-electron chi connectivity index (χ4n) is 2.27. The van der Waals surface area contributed by atoms with Gasteiger partial charge in [-0.3, -0.25) is 0 Å². The Kier molecular flexibility index (Phi) is 3.09. The molecule has 2 aliphatic heterocycles. The van der Waals surface area contributed by atoms with Crippen LogP contribution in [0.4, 0.5) is 4.39 Å². The van der Waals surface area contributed by atoms with Crippen molar-refractivity contribution in [3.05, 3.63) is 46.4 Å². The molecule has 0 amide bonds. The predicted octanol–water partition coefficient (Wildman–Crippen LogP) is 2.57. The van der Waals surface area contributed by atoms with Gasteiger partial charge in [0.25, 0.3) is 0 Å². The number of hydrogen-bond acceptors (Lipinski definition) is 2. The second kappa shape index (κ2) is 4.61. The van der Waals surface area contributed by atoms with E-state index >= 15 is 0 Å². The zero-order valence-corrected chi connectivity index (χ0v) is 11.1. The van der Waals surface area contributed by atoms with Crippen LogP contribution in [0.2, 0.25) is 5.02 Å². The van der Waals surface area contributed by atoms with Gasteiger partial charge in [-0.25, -0.2) is 4.39 Å². The minimum Gasteiger partial charge on any atom is -0.355 e. The maximum absolute atomic E-state index is 13.8. The summed E-state index contributed by atoms with van der Waals surface area (Å²) in [6, 6.07) is 5.80. The molecule has 0 aromatic heterocycles. The molecule has 1 aromatic rings. The minimum atomic E-state index is -0.327. The normalized spacial score (nSPS) is 25.9. The van der Waals surface area contributed by atoms with Crippen LogP contribution < -0.4 is 10.6 Å². The molecular weight excluding hydrogens is 271 g/mol. The van der Waals surface area contributed by atoms with Crippen molar-refractivity contribution in [3.63, 3.8) is 0 Å². The lowest BCUT2D eigenvalue weighted by Crippen LogP contribution is -2.22. The van der Waals surface area contributed by atoms with Crippen molar-refractivity contribution in [1.82, 2.24) is 10.6 Å². The highest BCUT2D eigenvalue weighted by Crippen LogP contribution is 2.27. The highest BCUT2D eigenvalue weighted by molar-refractivity contribution is 7.80. The zero-order valence-electron chi connectivity index (χ0n) is 9.54. The van der Waals surface area contributed by atoms with E-state index in [9.17, 15) is 4.39 Å². The molecule has 1 fully saturated rings. The Bertz CT molecular complexity index is 544. The Hall–Kier alpha value is -0.970. The quantitative estimate of drug-likeness (QED) is 0.646. The van der Waals surface area contributed by atoms with Crippen LogP contribution in [0.1, 0.15) is 12.0 Å². The Labute approximate surface area is 115 Å². The van der Waals surface area contributed by atoms with Crippen LogP contribution in [0.3, 0.4) is 0 Å². The molecule has 2 atom stereocenters. The van der Waals surface area contributed by atoms with E-state index in [1.165, 1.54) is 0 Å². The molecule has 2 aliphatic rings. The van der Waals surface area contributed by atoms with Crippen LogP contribution >= 0.6 is 23.8 Å². The highest BCUT2D eigenvalue weighted by atomic mass is 35.5. The van der Waals surface area contributed by atoms with Crippen LogP contribution in [0, 0.1) is 5.82 Å². The fourth-order valence-corrected chi connectivity index (χ4v) is 2.75. The van der Waals surface area contributed by atoms with Gasteiger partial charge in [-0.1, -0.05) is 36.0 Å². The van der Waals surface area contributed by atoms with Gasteiger partial charge < -0.3 is 10.6 Å². The summed E-state index contributed by atoms with van der Waals surface area (Å²) in [6.07, 6.45) is 3.35. The van der Waals surface area contributed by atoms with Gasteiger partial charge >= 0.3 is 0 Å². The number of benzene rings is 1. The third kappa shape index (κ3) is 2.28. The smallest absolute Gasteiger partial charge is 0.145 e. The number of rotatable bonds is 2. The molecule has 1 aromatic carbocycles. The first kappa shape index (κ1) is 12.1. The van der Waals surface area contributed by atoms with Crippen molar-refractivity contribution in [2.24, 2.45) is 0 Å². The second-order valence-electron chi connectivity index (χ2n) is 4.66. The van der Waals surface area contributed by atoms with E-state index in [-0.39, 0.29) is 16.9 Å². The average molecular weight is 283 g/mol. The van der Waals surface area contributed by atoms with Gasteiger partial charge in [0.15, 0.2) is 0 Å². The van der Waals surface area contributed by atoms with E-state index < -0.39 is 0 Å². The maximum atomic E-state index is 13.8. The largest absolute Gasteiger partial charge is 0.355 e. The van der Waals surface area contributed by atoms with Crippen molar-refractivity contribution >= 4 is 28.8 Å². The van der Waals surface area contributed by atoms with Crippen molar-refractivity contribution in [2.75, 3.05) is 0 Å². The Balaban J connectivity index is 1.80. The number of nitrogens with one attached hydrogen (secondary N) is 2. The Morgan fingerprint density at radius 1 is 1.44 bits per heavy atom. The summed E-state index contributed by atoms with van der Waals surface area (Å²) in [5.41, 5.74) is 1.76. The third-order valence-electron chi connectivity index (χ3n) is 3.32. The van der Waals surface area contributed by atoms with Gasteiger partial charge in [-0.15, -0.1) is 0 Å². The Morgan fingerprint density at radius 3 is 3.11 bits per heavy atom. The molecule has 3 rings (SSSR count). The molecular formula is C13H12ClFN2S. The number of fused-ring (bicyclic) bond motifs is 1. The standard InChI is InChI=1S/C13H12ClFN2S/c14-9-3-1-2-8(11(9)15)4-7-5-10-12(17-10)13(18)16-6-7/h1-3,6,10,12,17H,4-5H2,(H,16,18). The summed E-state index contributed by atoms with van der Waals surface area (Å²) in [4.78, 5) is 0.821. The lowest BCUT2D eigenvalue weighted by atomic mass is 10.0. The molecule has 94 valence electrons. The first-order valence-corrected chi connectivity index (χ1v) is 6.61. The lowest BCUT2D eigenvalue weighted by Gasteiger charge is -2.08. The van der Waals surface area contributed by atoms with Crippen LogP contribution in [0.25, 0.3) is 0 Å². The molecule has 2 nitrogen and oxygen atoms in total. The molecule has 0 saturated carbocycles. The van der Waals surface area contributed by atoms with Gasteiger partial charge in [-0.2, -0.15) is 0 Å². The van der Waals surface area contributed by atoms with Crippen molar-refractivity contribution < 1.29 is 4.39 Å². The minimum absolute atomic E-state index is 0.174. The van der Waals surface area contributed by atoms with E-state index in [1.54, 1.807) is 18.2 Å². The zero-order chi connectivity index (χ0) is 12.7. The molecule has 2 heterocycles. The van der Waals surface area contributed by atoms with Gasteiger partial charge in [-0.05, 0) is 30.0 Å². The van der Waals surface area contributed by atoms with E-state index in [4.69, 9.17) is 23.8 Å². The summed E-state index contributed by atoms with van der Waals surface area (Å²) in [5.74, 6) is -0.327. The Morgan fingerprint density at radius 2 is 2.28 bits per heavy atom. The second-order valence-corrected chi connectivity index (χ2v) is 5.50. The van der Waals surface area contributed by atoms with Crippen molar-refractivity contribution in [3.8, 4) is 0 Å². The molecule has 0 aliphatic carbocycles. The van der Waals surface area contributed by atoms with E-state index in [0.29, 0.717) is 18.0 Å². The van der Waals surface area contributed by atoms with Crippen LogP contribution in [-0.2, 0) is 6.42 Å². The summed E-state index contributed by atoms with van der Waals surface area (Å²) >= 11 is 11.0. The first-order valence-electron chi connectivity index (χ1n) is 5.82. The van der Waals surface area contributed by atoms with Gasteiger partial charge in [0, 0.05) is 12.2 Å². The summed E-state index contributed by atoms with van der Waals surface area (Å²) in [7, 11) is 0. The molecule has 0 bridgehead atoms. The van der Waals surface area contributed by atoms with Crippen molar-refractivity contribution in [1.29, 1.82) is 0 Å². The third-order valence-corrected chi connectivity index (χ3v) is 3.98. The van der Waals surface area contributed by atoms with E-state index in [2.05, 4.69) is 10.6 Å². The van der Waals surface area contributed by atoms with Crippen LogP contribution in [0.15, 0.2) is 30.0 Å². The fraction of sp³-hybridized carbons (Fsp3) is 0.308. The highest BCUT2D eigenvalue weighted by Gasteiger charge is 2.41. The number of hydrogen-bond donors (Lipinski definition) is 2. The molecule has 18 heavy (non-hydrogen) atoms. The SMILES string of the molecule is Fc1c(Cl)cccc1CC1=CNC(=S)C2NC2C1. The molecule has 5 heteroatoms. The molecule has 2 N–H and O–H groups in total. The number of thiocarbonyl (C=S) groups is 1. The van der Waals surface area contributed by atoms with Gasteiger partial charge in [0.05, 0.1) is 16.1 Å². The summed E-state index contributed by atoms with van der Waals surface area (Å²) in [5, 5.41) is 6.56. The monoisotopic (exact) mass is 282 g/mol. The first-order chi connectivity index (χ1) is 8.65. The predicted molar refractivity (Wildman–Crippen MR) is 74.3 cm³/mol. The number of halogens is 2. The molecule has 0 radical (unpaired) electrons. The van der Waals surface area contributed by atoms with E-state index in [0.717, 1.165) is 17.0 Å². The summed E-state index contributed by atoms with van der Waals surface area (Å²) in [6.45, 7) is 0. The molecule has 0 spiro atoms. The van der Waals surface area contributed by atoms with Gasteiger partial charge in [0.1, 0.15) is 5.82 Å². The van der Waals surface area contributed by atoms with Crippen molar-refractivity contribution in [2.45, 2.75) is 24.9 Å². The van der Waals surface area contributed by atoms with Crippen LogP contribution in [0.5, 0.6) is 0 Å². The van der Waals surface area contributed by atoms with Crippen LogP contribution in [-0.4, -0.2) is 17.1 Å². The lowest BCUT2D eigenvalue weighted by molar-refractivity contribution is 0.612. The topological polar surface area (TPSA) is 34.0 Å².